The first-order valence-corrected chi connectivity index (χ1v) is 10.1. The lowest BCUT2D eigenvalue weighted by Gasteiger charge is -2.18. The highest BCUT2D eigenvalue weighted by Gasteiger charge is 2.22. The summed E-state index contributed by atoms with van der Waals surface area (Å²) in [4.78, 5) is 2.40. The molecular formula is C24H30N2O2. The Kier molecular flexibility index (Phi) is 5.17. The molecule has 4 nitrogen and oxygen atoms in total. The molecule has 1 unspecified atom stereocenters. The molecule has 1 aromatic heterocycles. The lowest BCUT2D eigenvalue weighted by atomic mass is 10.1. The number of methoxy groups -OCH3 is 1. The Morgan fingerprint density at radius 1 is 1.07 bits per heavy atom. The second-order valence-corrected chi connectivity index (χ2v) is 8.10. The minimum absolute atomic E-state index is 0.560. The minimum atomic E-state index is -0.573. The van der Waals surface area contributed by atoms with Crippen molar-refractivity contribution in [2.24, 2.45) is 0 Å². The molecule has 0 aliphatic carbocycles. The molecule has 4 rings (SSSR count). The average molecular weight is 379 g/mol. The van der Waals surface area contributed by atoms with Crippen LogP contribution in [-0.4, -0.2) is 41.8 Å². The van der Waals surface area contributed by atoms with Gasteiger partial charge in [0.15, 0.2) is 0 Å². The van der Waals surface area contributed by atoms with E-state index in [4.69, 9.17) is 4.74 Å². The van der Waals surface area contributed by atoms with E-state index in [1.165, 1.54) is 27.7 Å². The molecule has 0 saturated heterocycles. The molecule has 0 fully saturated rings. The number of nitrogens with zero attached hydrogens (tertiary/aromatic N) is 2. The predicted octanol–water partition coefficient (Wildman–Crippen LogP) is 4.03. The van der Waals surface area contributed by atoms with Gasteiger partial charge in [0, 0.05) is 36.1 Å². The molecule has 3 aromatic rings. The Morgan fingerprint density at radius 2 is 1.86 bits per heavy atom. The van der Waals surface area contributed by atoms with Crippen molar-refractivity contribution in [3.63, 3.8) is 0 Å². The average Bonchev–Trinajstić information content (AvgIpc) is 2.82. The third kappa shape index (κ3) is 3.43. The summed E-state index contributed by atoms with van der Waals surface area (Å²) in [6, 6.07) is 12.7. The van der Waals surface area contributed by atoms with Crippen molar-refractivity contribution in [2.75, 3.05) is 27.2 Å². The highest BCUT2D eigenvalue weighted by molar-refractivity contribution is 5.86. The fourth-order valence-corrected chi connectivity index (χ4v) is 4.40. The van der Waals surface area contributed by atoms with Crippen LogP contribution < -0.4 is 4.74 Å². The number of ether oxygens (including phenoxy) is 1. The molecular weight excluding hydrogens is 348 g/mol. The van der Waals surface area contributed by atoms with Gasteiger partial charge in [0.05, 0.1) is 19.8 Å². The van der Waals surface area contributed by atoms with Gasteiger partial charge in [-0.05, 0) is 62.2 Å². The Bertz CT molecular complexity index is 1010. The SMILES string of the molecule is COc1cc(C(O)Cn2c3c(c4cc(C)ccc42)CCN(C)CC3)ccc1C. The van der Waals surface area contributed by atoms with Crippen molar-refractivity contribution in [1.29, 1.82) is 0 Å². The van der Waals surface area contributed by atoms with Gasteiger partial charge >= 0.3 is 0 Å². The van der Waals surface area contributed by atoms with E-state index in [1.54, 1.807) is 7.11 Å². The van der Waals surface area contributed by atoms with Gasteiger partial charge in [0.1, 0.15) is 5.75 Å². The number of aliphatic hydroxyl groups is 1. The van der Waals surface area contributed by atoms with Crippen LogP contribution in [-0.2, 0) is 19.4 Å². The van der Waals surface area contributed by atoms with Crippen LogP contribution in [0, 0.1) is 13.8 Å². The van der Waals surface area contributed by atoms with Gasteiger partial charge in [-0.15, -0.1) is 0 Å². The maximum absolute atomic E-state index is 11.1. The molecule has 1 aliphatic rings. The molecule has 2 aromatic carbocycles. The van der Waals surface area contributed by atoms with Crippen molar-refractivity contribution in [2.45, 2.75) is 39.3 Å². The van der Waals surface area contributed by atoms with E-state index in [0.29, 0.717) is 6.54 Å². The first-order valence-electron chi connectivity index (χ1n) is 10.1. The number of fused-ring (bicyclic) bond motifs is 3. The zero-order valence-corrected chi connectivity index (χ0v) is 17.3. The number of hydrogen-bond donors (Lipinski definition) is 1. The number of benzene rings is 2. The van der Waals surface area contributed by atoms with Crippen LogP contribution >= 0.6 is 0 Å². The van der Waals surface area contributed by atoms with Crippen LogP contribution in [0.2, 0.25) is 0 Å². The van der Waals surface area contributed by atoms with Gasteiger partial charge in [-0.25, -0.2) is 0 Å². The molecule has 1 aliphatic heterocycles. The summed E-state index contributed by atoms with van der Waals surface area (Å²) in [6.07, 6.45) is 1.51. The highest BCUT2D eigenvalue weighted by atomic mass is 16.5. The molecule has 4 heteroatoms. The quantitative estimate of drug-likeness (QED) is 0.745. The predicted molar refractivity (Wildman–Crippen MR) is 114 cm³/mol. The monoisotopic (exact) mass is 378 g/mol. The molecule has 0 amide bonds. The van der Waals surface area contributed by atoms with Gasteiger partial charge < -0.3 is 19.3 Å². The van der Waals surface area contributed by atoms with Gasteiger partial charge in [-0.2, -0.15) is 0 Å². The maximum atomic E-state index is 11.1. The van der Waals surface area contributed by atoms with Crippen LogP contribution in [0.25, 0.3) is 10.9 Å². The van der Waals surface area contributed by atoms with Crippen molar-refractivity contribution in [3.05, 3.63) is 64.3 Å². The molecule has 148 valence electrons. The van der Waals surface area contributed by atoms with E-state index in [-0.39, 0.29) is 0 Å². The molecule has 1 N–H and O–H groups in total. The number of aryl methyl sites for hydroxylation is 2. The number of likely N-dealkylation sites (N-methyl/N-ethyl adjacent to an activating group) is 1. The number of aliphatic hydroxyl groups excluding tert-OH is 1. The molecule has 2 heterocycles. The van der Waals surface area contributed by atoms with E-state index in [2.05, 4.69) is 41.6 Å². The van der Waals surface area contributed by atoms with E-state index >= 15 is 0 Å². The third-order valence-electron chi connectivity index (χ3n) is 6.09. The van der Waals surface area contributed by atoms with Gasteiger partial charge in [-0.3, -0.25) is 0 Å². The zero-order chi connectivity index (χ0) is 19.8. The van der Waals surface area contributed by atoms with E-state index < -0.39 is 6.10 Å². The standard InChI is InChI=1S/C24H30N2O2/c1-16-5-8-21-20(13-16)19-9-11-25(3)12-10-22(19)26(21)15-23(27)18-7-6-17(2)24(14-18)28-4/h5-8,13-14,23,27H,9-12,15H2,1-4H3. The number of hydrogen-bond acceptors (Lipinski definition) is 3. The van der Waals surface area contributed by atoms with Gasteiger partial charge in [0.25, 0.3) is 0 Å². The van der Waals surface area contributed by atoms with Crippen LogP contribution in [0.1, 0.15) is 34.1 Å². The lowest BCUT2D eigenvalue weighted by Crippen LogP contribution is -2.21. The summed E-state index contributed by atoms with van der Waals surface area (Å²) < 4.78 is 7.80. The third-order valence-corrected chi connectivity index (χ3v) is 6.09. The van der Waals surface area contributed by atoms with Crippen LogP contribution in [0.4, 0.5) is 0 Å². The lowest BCUT2D eigenvalue weighted by molar-refractivity contribution is 0.156. The highest BCUT2D eigenvalue weighted by Crippen LogP contribution is 2.32. The molecule has 0 bridgehead atoms. The second kappa shape index (κ2) is 7.61. The van der Waals surface area contributed by atoms with Crippen molar-refractivity contribution in [3.8, 4) is 5.75 Å². The Morgan fingerprint density at radius 3 is 2.64 bits per heavy atom. The Labute approximate surface area is 167 Å². The van der Waals surface area contributed by atoms with Gasteiger partial charge in [0.2, 0.25) is 0 Å². The Hall–Kier alpha value is -2.30. The zero-order valence-electron chi connectivity index (χ0n) is 17.3. The second-order valence-electron chi connectivity index (χ2n) is 8.10. The number of aromatic nitrogens is 1. The van der Waals surface area contributed by atoms with Crippen LogP contribution in [0.5, 0.6) is 5.75 Å². The molecule has 0 saturated carbocycles. The molecule has 28 heavy (non-hydrogen) atoms. The summed E-state index contributed by atoms with van der Waals surface area (Å²) in [5.74, 6) is 0.824. The fraction of sp³-hybridized carbons (Fsp3) is 0.417. The summed E-state index contributed by atoms with van der Waals surface area (Å²) in [6.45, 7) is 6.87. The topological polar surface area (TPSA) is 37.6 Å². The molecule has 1 atom stereocenters. The van der Waals surface area contributed by atoms with E-state index in [9.17, 15) is 5.11 Å². The Balaban J connectivity index is 1.76. The van der Waals surface area contributed by atoms with Crippen LogP contribution in [0.15, 0.2) is 36.4 Å². The maximum Gasteiger partial charge on any atom is 0.122 e. The largest absolute Gasteiger partial charge is 0.496 e. The van der Waals surface area contributed by atoms with Crippen LogP contribution in [0.3, 0.4) is 0 Å². The molecule has 0 radical (unpaired) electrons. The van der Waals surface area contributed by atoms with E-state index in [0.717, 1.165) is 42.8 Å². The summed E-state index contributed by atoms with van der Waals surface area (Å²) in [7, 11) is 3.87. The number of rotatable bonds is 4. The first kappa shape index (κ1) is 19.0. The van der Waals surface area contributed by atoms with Crippen molar-refractivity contribution in [1.82, 2.24) is 9.47 Å². The fourth-order valence-electron chi connectivity index (χ4n) is 4.40. The molecule has 0 spiro atoms. The summed E-state index contributed by atoms with van der Waals surface area (Å²) in [5.41, 5.74) is 7.33. The normalized spacial score (nSPS) is 16.0. The minimum Gasteiger partial charge on any atom is -0.496 e. The summed E-state index contributed by atoms with van der Waals surface area (Å²) in [5, 5.41) is 12.4. The van der Waals surface area contributed by atoms with E-state index in [1.807, 2.05) is 25.1 Å². The van der Waals surface area contributed by atoms with Gasteiger partial charge in [-0.1, -0.05) is 23.8 Å². The van der Waals surface area contributed by atoms with Crippen molar-refractivity contribution >= 4 is 10.9 Å². The smallest absolute Gasteiger partial charge is 0.122 e. The van der Waals surface area contributed by atoms with Crippen molar-refractivity contribution < 1.29 is 9.84 Å². The first-order chi connectivity index (χ1) is 13.5. The summed E-state index contributed by atoms with van der Waals surface area (Å²) >= 11 is 0.